The van der Waals surface area contributed by atoms with Crippen LogP contribution in [0.5, 0.6) is 0 Å². The summed E-state index contributed by atoms with van der Waals surface area (Å²) in [5, 5.41) is 0.804. The summed E-state index contributed by atoms with van der Waals surface area (Å²) in [7, 11) is 0. The molecule has 0 radical (unpaired) electrons. The number of hydrogen-bond donors (Lipinski definition) is 0. The van der Waals surface area contributed by atoms with Crippen molar-refractivity contribution in [2.45, 2.75) is 39.3 Å². The Balaban J connectivity index is 1.93. The second kappa shape index (κ2) is 5.74. The van der Waals surface area contributed by atoms with Crippen LogP contribution in [0.25, 0.3) is 10.9 Å². The first-order valence-corrected chi connectivity index (χ1v) is 8.27. The van der Waals surface area contributed by atoms with Crippen LogP contribution in [-0.4, -0.2) is 28.1 Å². The number of carbonyl (C=O) groups excluding carboxylic acids is 1. The largest absolute Gasteiger partial charge is 0.444 e. The number of carbonyl (C=O) groups is 1. The summed E-state index contributed by atoms with van der Waals surface area (Å²) >= 11 is 3.33. The molecule has 2 heterocycles. The summed E-state index contributed by atoms with van der Waals surface area (Å²) < 4.78 is 20.1. The van der Waals surface area contributed by atoms with Crippen LogP contribution >= 0.6 is 15.9 Å². The van der Waals surface area contributed by atoms with Gasteiger partial charge in [-0.3, -0.25) is 4.98 Å². The van der Waals surface area contributed by atoms with Crippen molar-refractivity contribution in [2.75, 3.05) is 6.54 Å². The summed E-state index contributed by atoms with van der Waals surface area (Å²) in [5.41, 5.74) is 1.84. The maximum Gasteiger partial charge on any atom is 0.410 e. The lowest BCUT2D eigenvalue weighted by molar-refractivity contribution is 0.0224. The van der Waals surface area contributed by atoms with Gasteiger partial charge in [-0.2, -0.15) is 0 Å². The van der Waals surface area contributed by atoms with Gasteiger partial charge in [0.25, 0.3) is 0 Å². The summed E-state index contributed by atoms with van der Waals surface area (Å²) in [6.45, 7) is 6.52. The number of fused-ring (bicyclic) bond motifs is 3. The molecule has 1 aliphatic rings. The number of aromatic nitrogens is 1. The lowest BCUT2D eigenvalue weighted by Gasteiger charge is -2.31. The minimum atomic E-state index is -0.521. The topological polar surface area (TPSA) is 42.4 Å². The molecule has 0 saturated heterocycles. The highest BCUT2D eigenvalue weighted by Crippen LogP contribution is 2.30. The molecule has 1 aliphatic heterocycles. The van der Waals surface area contributed by atoms with Crippen LogP contribution in [-0.2, 0) is 17.7 Å². The molecule has 0 spiro atoms. The number of halogens is 2. The number of hydrogen-bond acceptors (Lipinski definition) is 3. The van der Waals surface area contributed by atoms with Crippen molar-refractivity contribution >= 4 is 32.9 Å². The van der Waals surface area contributed by atoms with Crippen LogP contribution in [0, 0.1) is 5.82 Å². The predicted octanol–water partition coefficient (Wildman–Crippen LogP) is 4.43. The number of nitrogens with zero attached hydrogens (tertiary/aromatic N) is 2. The molecule has 1 aromatic heterocycles. The fourth-order valence-electron chi connectivity index (χ4n) is 2.77. The smallest absolute Gasteiger partial charge is 0.410 e. The number of benzene rings is 1. The maximum atomic E-state index is 14.0. The van der Waals surface area contributed by atoms with Crippen molar-refractivity contribution in [1.29, 1.82) is 0 Å². The lowest BCUT2D eigenvalue weighted by atomic mass is 9.97. The van der Waals surface area contributed by atoms with Gasteiger partial charge in [-0.15, -0.1) is 0 Å². The highest BCUT2D eigenvalue weighted by Gasteiger charge is 2.27. The Morgan fingerprint density at radius 1 is 1.39 bits per heavy atom. The molecule has 0 fully saturated rings. The van der Waals surface area contributed by atoms with Gasteiger partial charge in [-0.1, -0.05) is 15.9 Å². The third-order valence-corrected chi connectivity index (χ3v) is 4.19. The van der Waals surface area contributed by atoms with Crippen molar-refractivity contribution in [3.8, 4) is 0 Å². The highest BCUT2D eigenvalue weighted by atomic mass is 79.9. The second-order valence-corrected chi connectivity index (χ2v) is 7.61. The van der Waals surface area contributed by atoms with E-state index in [0.29, 0.717) is 29.5 Å². The van der Waals surface area contributed by atoms with Gasteiger partial charge in [-0.25, -0.2) is 9.18 Å². The van der Waals surface area contributed by atoms with Crippen LogP contribution in [0.3, 0.4) is 0 Å². The molecule has 3 rings (SSSR count). The van der Waals surface area contributed by atoms with Crippen molar-refractivity contribution < 1.29 is 13.9 Å². The first kappa shape index (κ1) is 16.2. The molecular weight excluding hydrogens is 363 g/mol. The highest BCUT2D eigenvalue weighted by molar-refractivity contribution is 9.10. The normalized spacial score (nSPS) is 14.7. The quantitative estimate of drug-likeness (QED) is 0.678. The van der Waals surface area contributed by atoms with E-state index in [1.807, 2.05) is 26.8 Å². The molecule has 0 saturated carbocycles. The van der Waals surface area contributed by atoms with Gasteiger partial charge in [0.2, 0.25) is 0 Å². The van der Waals surface area contributed by atoms with E-state index in [4.69, 9.17) is 4.74 Å². The third-order valence-electron chi connectivity index (χ3n) is 3.74. The first-order valence-electron chi connectivity index (χ1n) is 7.48. The van der Waals surface area contributed by atoms with Gasteiger partial charge in [-0.05, 0) is 50.5 Å². The molecular formula is C17H18BrFN2O2. The molecule has 0 N–H and O–H groups in total. The molecule has 4 nitrogen and oxygen atoms in total. The molecule has 1 aromatic carbocycles. The van der Waals surface area contributed by atoms with E-state index in [-0.39, 0.29) is 11.9 Å². The van der Waals surface area contributed by atoms with Crippen molar-refractivity contribution in [1.82, 2.24) is 9.88 Å². The average Bonchev–Trinajstić information content (AvgIpc) is 2.44. The van der Waals surface area contributed by atoms with Gasteiger partial charge < -0.3 is 9.64 Å². The zero-order valence-electron chi connectivity index (χ0n) is 13.3. The Morgan fingerprint density at radius 3 is 2.83 bits per heavy atom. The van der Waals surface area contributed by atoms with Crippen LogP contribution < -0.4 is 0 Å². The summed E-state index contributed by atoms with van der Waals surface area (Å²) in [6, 6.07) is 3.30. The Labute approximate surface area is 142 Å². The Morgan fingerprint density at radius 2 is 2.13 bits per heavy atom. The van der Waals surface area contributed by atoms with E-state index < -0.39 is 5.60 Å². The van der Waals surface area contributed by atoms with E-state index in [9.17, 15) is 9.18 Å². The Bertz CT molecular complexity index is 786. The molecule has 23 heavy (non-hydrogen) atoms. The molecule has 0 bridgehead atoms. The first-order chi connectivity index (χ1) is 10.7. The van der Waals surface area contributed by atoms with Gasteiger partial charge in [0.1, 0.15) is 11.1 Å². The minimum absolute atomic E-state index is 0.330. The fraction of sp³-hybridized carbons (Fsp3) is 0.412. The zero-order chi connectivity index (χ0) is 16.8. The van der Waals surface area contributed by atoms with Crippen molar-refractivity contribution in [2.24, 2.45) is 0 Å². The third kappa shape index (κ3) is 3.32. The van der Waals surface area contributed by atoms with Crippen LogP contribution in [0.2, 0.25) is 0 Å². The lowest BCUT2D eigenvalue weighted by Crippen LogP contribution is -2.40. The van der Waals surface area contributed by atoms with Crippen molar-refractivity contribution in [3.05, 3.63) is 39.7 Å². The molecule has 2 aromatic rings. The van der Waals surface area contributed by atoms with Crippen LogP contribution in [0.1, 0.15) is 31.9 Å². The van der Waals surface area contributed by atoms with Crippen LogP contribution in [0.15, 0.2) is 22.8 Å². The van der Waals surface area contributed by atoms with Crippen LogP contribution in [0.4, 0.5) is 9.18 Å². The number of pyridine rings is 1. The fourth-order valence-corrected chi connectivity index (χ4v) is 3.20. The zero-order valence-corrected chi connectivity index (χ0v) is 14.9. The molecule has 6 heteroatoms. The van der Waals surface area contributed by atoms with E-state index in [0.717, 1.165) is 16.5 Å². The molecule has 1 amide bonds. The predicted molar refractivity (Wildman–Crippen MR) is 89.7 cm³/mol. The van der Waals surface area contributed by atoms with Gasteiger partial charge in [0, 0.05) is 22.6 Å². The Kier molecular flexibility index (Phi) is 4.04. The average molecular weight is 381 g/mol. The maximum absolute atomic E-state index is 14.0. The number of amides is 1. The van der Waals surface area contributed by atoms with Gasteiger partial charge in [0.05, 0.1) is 6.54 Å². The summed E-state index contributed by atoms with van der Waals surface area (Å²) in [4.78, 5) is 18.1. The van der Waals surface area contributed by atoms with Gasteiger partial charge >= 0.3 is 6.09 Å². The van der Waals surface area contributed by atoms with E-state index >= 15 is 0 Å². The number of rotatable bonds is 0. The van der Waals surface area contributed by atoms with E-state index in [2.05, 4.69) is 20.9 Å². The SMILES string of the molecule is CC(C)(C)OC(=O)N1CCc2c(cnc3c(F)cc(Br)cc23)C1. The van der Waals surface area contributed by atoms with Gasteiger partial charge in [0.15, 0.2) is 5.82 Å². The molecule has 0 unspecified atom stereocenters. The molecule has 122 valence electrons. The second-order valence-electron chi connectivity index (χ2n) is 6.70. The Hall–Kier alpha value is -1.69. The summed E-state index contributed by atoms with van der Waals surface area (Å²) in [6.07, 6.45) is 1.98. The van der Waals surface area contributed by atoms with E-state index in [1.54, 1.807) is 11.1 Å². The minimum Gasteiger partial charge on any atom is -0.444 e. The van der Waals surface area contributed by atoms with Crippen molar-refractivity contribution in [3.63, 3.8) is 0 Å². The van der Waals surface area contributed by atoms with E-state index in [1.165, 1.54) is 6.07 Å². The number of ether oxygens (including phenoxy) is 1. The molecule has 0 aliphatic carbocycles. The monoisotopic (exact) mass is 380 g/mol. The summed E-state index contributed by atoms with van der Waals surface area (Å²) in [5.74, 6) is -0.341. The molecule has 0 atom stereocenters. The standard InChI is InChI=1S/C17H18BrFN2O2/c1-17(2,3)23-16(22)21-5-4-12-10(9-21)8-20-15-13(12)6-11(18)7-14(15)19/h6-8H,4-5,9H2,1-3H3.